The van der Waals surface area contributed by atoms with Crippen LogP contribution in [0.5, 0.6) is 0 Å². The molecule has 2 aromatic carbocycles. The lowest BCUT2D eigenvalue weighted by Crippen LogP contribution is -2.48. The molecule has 3 amide bonds. The number of likely N-dealkylation sites (N-methyl/N-ethyl adjacent to an activating group) is 1. The van der Waals surface area contributed by atoms with Crippen molar-refractivity contribution in [3.05, 3.63) is 53.1 Å². The summed E-state index contributed by atoms with van der Waals surface area (Å²) in [5, 5.41) is 6.26. The fraction of sp³-hybridized carbons (Fsp3) is 0.348. The Morgan fingerprint density at radius 2 is 2.00 bits per heavy atom. The van der Waals surface area contributed by atoms with E-state index < -0.39 is 6.04 Å². The third-order valence-electron chi connectivity index (χ3n) is 5.51. The van der Waals surface area contributed by atoms with E-state index in [2.05, 4.69) is 10.6 Å². The van der Waals surface area contributed by atoms with Crippen molar-refractivity contribution in [3.8, 4) is 0 Å². The monoisotopic (exact) mass is 442 g/mol. The fourth-order valence-electron chi connectivity index (χ4n) is 3.56. The Labute approximate surface area is 187 Å². The molecule has 0 radical (unpaired) electrons. The number of nitrogens with zero attached hydrogens (tertiary/aromatic N) is 2. The normalized spacial score (nSPS) is 16.9. The van der Waals surface area contributed by atoms with E-state index in [0.29, 0.717) is 22.1 Å². The van der Waals surface area contributed by atoms with Gasteiger partial charge in [0.2, 0.25) is 17.7 Å². The van der Waals surface area contributed by atoms with Gasteiger partial charge in [-0.05, 0) is 57.6 Å². The molecule has 0 saturated heterocycles. The summed E-state index contributed by atoms with van der Waals surface area (Å²) in [4.78, 5) is 41.5. The highest BCUT2D eigenvalue weighted by atomic mass is 35.5. The van der Waals surface area contributed by atoms with Crippen LogP contribution < -0.4 is 15.5 Å². The van der Waals surface area contributed by atoms with Gasteiger partial charge in [0.25, 0.3) is 0 Å². The third-order valence-corrected chi connectivity index (χ3v) is 5.75. The van der Waals surface area contributed by atoms with Gasteiger partial charge < -0.3 is 15.5 Å². The number of carbonyl (C=O) groups is 3. The van der Waals surface area contributed by atoms with E-state index >= 15 is 0 Å². The molecule has 0 bridgehead atoms. The molecule has 2 aromatic rings. The standard InChI is InChI=1S/C23H27ClN4O3/c1-14-9-10-17(24)12-19(14)26-23(31)16(3)27(4)13-22(30)28-15(2)11-21(29)25-18-7-5-6-8-20(18)28/h5-10,12,15-16H,11,13H2,1-4H3,(H,25,29)(H,26,31). The van der Waals surface area contributed by atoms with Gasteiger partial charge in [-0.1, -0.05) is 29.8 Å². The van der Waals surface area contributed by atoms with Crippen molar-refractivity contribution < 1.29 is 14.4 Å². The van der Waals surface area contributed by atoms with E-state index in [1.54, 1.807) is 42.0 Å². The maximum absolute atomic E-state index is 13.2. The summed E-state index contributed by atoms with van der Waals surface area (Å²) in [6.07, 6.45) is 0.203. The summed E-state index contributed by atoms with van der Waals surface area (Å²) in [6.45, 7) is 5.50. The number of anilines is 3. The Balaban J connectivity index is 1.72. The second-order valence-electron chi connectivity index (χ2n) is 7.92. The molecule has 31 heavy (non-hydrogen) atoms. The van der Waals surface area contributed by atoms with Gasteiger partial charge in [-0.15, -0.1) is 0 Å². The van der Waals surface area contributed by atoms with Crippen LogP contribution >= 0.6 is 11.6 Å². The maximum atomic E-state index is 13.2. The number of amides is 3. The molecule has 2 N–H and O–H groups in total. The Bertz CT molecular complexity index is 1010. The van der Waals surface area contributed by atoms with Gasteiger partial charge in [0, 0.05) is 23.2 Å². The van der Waals surface area contributed by atoms with E-state index in [4.69, 9.17) is 11.6 Å². The van der Waals surface area contributed by atoms with Crippen LogP contribution in [0.4, 0.5) is 17.1 Å². The summed E-state index contributed by atoms with van der Waals surface area (Å²) in [5.41, 5.74) is 2.81. The Morgan fingerprint density at radius 3 is 2.74 bits per heavy atom. The minimum absolute atomic E-state index is 0.0238. The van der Waals surface area contributed by atoms with E-state index in [-0.39, 0.29) is 36.7 Å². The lowest BCUT2D eigenvalue weighted by Gasteiger charge is -2.31. The van der Waals surface area contributed by atoms with Crippen molar-refractivity contribution in [2.24, 2.45) is 0 Å². The molecule has 1 aliphatic heterocycles. The summed E-state index contributed by atoms with van der Waals surface area (Å²) in [6, 6.07) is 11.7. The van der Waals surface area contributed by atoms with Crippen LogP contribution in [0.2, 0.25) is 5.02 Å². The minimum Gasteiger partial charge on any atom is -0.324 e. The molecule has 1 aliphatic rings. The number of aryl methyl sites for hydroxylation is 1. The number of rotatable bonds is 5. The number of para-hydroxylation sites is 2. The predicted octanol–water partition coefficient (Wildman–Crippen LogP) is 3.67. The number of benzene rings is 2. The van der Waals surface area contributed by atoms with Crippen LogP contribution in [0.3, 0.4) is 0 Å². The van der Waals surface area contributed by atoms with Crippen LogP contribution in [0.15, 0.2) is 42.5 Å². The number of halogens is 1. The van der Waals surface area contributed by atoms with Crippen LogP contribution in [0.1, 0.15) is 25.8 Å². The third kappa shape index (κ3) is 5.24. The van der Waals surface area contributed by atoms with Crippen LogP contribution in [0, 0.1) is 6.92 Å². The van der Waals surface area contributed by atoms with Crippen LogP contribution in [0.25, 0.3) is 0 Å². The van der Waals surface area contributed by atoms with Gasteiger partial charge in [-0.3, -0.25) is 19.3 Å². The zero-order valence-electron chi connectivity index (χ0n) is 18.1. The highest BCUT2D eigenvalue weighted by molar-refractivity contribution is 6.31. The second-order valence-corrected chi connectivity index (χ2v) is 8.36. The van der Waals surface area contributed by atoms with Crippen molar-refractivity contribution in [2.75, 3.05) is 29.1 Å². The van der Waals surface area contributed by atoms with E-state index in [1.807, 2.05) is 38.1 Å². The molecule has 8 heteroatoms. The highest BCUT2D eigenvalue weighted by Crippen LogP contribution is 2.31. The molecule has 0 aliphatic carbocycles. The number of hydrogen-bond donors (Lipinski definition) is 2. The Kier molecular flexibility index (Phi) is 6.97. The smallest absolute Gasteiger partial charge is 0.241 e. The topological polar surface area (TPSA) is 81.8 Å². The second kappa shape index (κ2) is 9.49. The lowest BCUT2D eigenvalue weighted by molar-refractivity contribution is -0.123. The first-order valence-corrected chi connectivity index (χ1v) is 10.5. The number of fused-ring (bicyclic) bond motifs is 1. The molecule has 2 unspecified atom stereocenters. The molecule has 2 atom stereocenters. The van der Waals surface area contributed by atoms with E-state index in [1.165, 1.54) is 0 Å². The maximum Gasteiger partial charge on any atom is 0.241 e. The first-order valence-electron chi connectivity index (χ1n) is 10.2. The van der Waals surface area contributed by atoms with Gasteiger partial charge in [0.05, 0.1) is 24.0 Å². The van der Waals surface area contributed by atoms with Gasteiger partial charge in [-0.25, -0.2) is 0 Å². The van der Waals surface area contributed by atoms with Crippen molar-refractivity contribution >= 4 is 46.4 Å². The van der Waals surface area contributed by atoms with Crippen LogP contribution in [-0.2, 0) is 14.4 Å². The van der Waals surface area contributed by atoms with Crippen LogP contribution in [-0.4, -0.2) is 48.3 Å². The van der Waals surface area contributed by atoms with Gasteiger partial charge in [-0.2, -0.15) is 0 Å². The zero-order valence-corrected chi connectivity index (χ0v) is 18.9. The SMILES string of the molecule is Cc1ccc(Cl)cc1NC(=O)C(C)N(C)CC(=O)N1c2ccccc2NC(=O)CC1C. The summed E-state index contributed by atoms with van der Waals surface area (Å²) in [5.74, 6) is -0.549. The Morgan fingerprint density at radius 1 is 1.29 bits per heavy atom. The summed E-state index contributed by atoms with van der Waals surface area (Å²) < 4.78 is 0. The molecule has 3 rings (SSSR count). The molecule has 0 saturated carbocycles. The lowest BCUT2D eigenvalue weighted by atomic mass is 10.1. The van der Waals surface area contributed by atoms with Gasteiger partial charge in [0.1, 0.15) is 0 Å². The number of carbonyl (C=O) groups excluding carboxylic acids is 3. The number of nitrogens with one attached hydrogen (secondary N) is 2. The van der Waals surface area contributed by atoms with Crippen molar-refractivity contribution in [1.29, 1.82) is 0 Å². The van der Waals surface area contributed by atoms with Gasteiger partial charge >= 0.3 is 0 Å². The average Bonchev–Trinajstić information content (AvgIpc) is 2.84. The zero-order chi connectivity index (χ0) is 22.7. The molecule has 1 heterocycles. The molecule has 0 spiro atoms. The minimum atomic E-state index is -0.556. The molecular formula is C23H27ClN4O3. The van der Waals surface area contributed by atoms with E-state index in [9.17, 15) is 14.4 Å². The largest absolute Gasteiger partial charge is 0.324 e. The van der Waals surface area contributed by atoms with Gasteiger partial charge in [0.15, 0.2) is 0 Å². The first kappa shape index (κ1) is 22.8. The first-order chi connectivity index (χ1) is 14.7. The quantitative estimate of drug-likeness (QED) is 0.740. The molecule has 7 nitrogen and oxygen atoms in total. The highest BCUT2D eigenvalue weighted by Gasteiger charge is 2.31. The summed E-state index contributed by atoms with van der Waals surface area (Å²) >= 11 is 6.03. The molecular weight excluding hydrogens is 416 g/mol. The fourth-order valence-corrected chi connectivity index (χ4v) is 3.73. The summed E-state index contributed by atoms with van der Waals surface area (Å²) in [7, 11) is 1.73. The average molecular weight is 443 g/mol. The van der Waals surface area contributed by atoms with E-state index in [0.717, 1.165) is 5.56 Å². The predicted molar refractivity (Wildman–Crippen MR) is 124 cm³/mol. The molecule has 164 valence electrons. The number of hydrogen-bond acceptors (Lipinski definition) is 4. The van der Waals surface area contributed by atoms with Crippen molar-refractivity contribution in [3.63, 3.8) is 0 Å². The Hall–Kier alpha value is -2.90. The van der Waals surface area contributed by atoms with Crippen molar-refractivity contribution in [2.45, 2.75) is 39.3 Å². The van der Waals surface area contributed by atoms with Crippen molar-refractivity contribution in [1.82, 2.24) is 4.90 Å². The molecule has 0 fully saturated rings. The molecule has 0 aromatic heterocycles.